The van der Waals surface area contributed by atoms with Gasteiger partial charge in [0.2, 0.25) is 0 Å². The maximum absolute atomic E-state index is 12.4. The number of aromatic amines is 1. The SMILES string of the molecule is CC1(C)[C@H](NC(=O)Nc2cccc3[nH]ccc23)[C@H]2CCO[C@@H]21. The fourth-order valence-electron chi connectivity index (χ4n) is 4.11. The summed E-state index contributed by atoms with van der Waals surface area (Å²) in [5.74, 6) is 0.448. The van der Waals surface area contributed by atoms with Crippen molar-refractivity contribution in [2.45, 2.75) is 32.4 Å². The van der Waals surface area contributed by atoms with Crippen LogP contribution < -0.4 is 10.6 Å². The average molecular weight is 299 g/mol. The molecule has 0 unspecified atom stereocenters. The van der Waals surface area contributed by atoms with Crippen LogP contribution in [-0.2, 0) is 4.74 Å². The fraction of sp³-hybridized carbons (Fsp3) is 0.471. The number of amides is 2. The van der Waals surface area contributed by atoms with Crippen LogP contribution in [-0.4, -0.2) is 29.8 Å². The summed E-state index contributed by atoms with van der Waals surface area (Å²) in [5, 5.41) is 7.14. The first kappa shape index (κ1) is 13.6. The summed E-state index contributed by atoms with van der Waals surface area (Å²) in [5.41, 5.74) is 1.84. The predicted octanol–water partition coefficient (Wildman–Crippen LogP) is 3.10. The number of rotatable bonds is 2. The van der Waals surface area contributed by atoms with Gasteiger partial charge in [-0.05, 0) is 24.6 Å². The summed E-state index contributed by atoms with van der Waals surface area (Å²) in [4.78, 5) is 15.5. The summed E-state index contributed by atoms with van der Waals surface area (Å²) in [6.07, 6.45) is 3.20. The van der Waals surface area contributed by atoms with E-state index in [9.17, 15) is 4.79 Å². The number of hydrogen-bond donors (Lipinski definition) is 3. The zero-order chi connectivity index (χ0) is 15.3. The first-order valence-electron chi connectivity index (χ1n) is 7.82. The Kier molecular flexibility index (Phi) is 2.94. The number of benzene rings is 1. The summed E-state index contributed by atoms with van der Waals surface area (Å²) in [6, 6.07) is 7.85. The van der Waals surface area contributed by atoms with E-state index >= 15 is 0 Å². The van der Waals surface area contributed by atoms with Gasteiger partial charge in [-0.3, -0.25) is 0 Å². The van der Waals surface area contributed by atoms with Gasteiger partial charge in [0.25, 0.3) is 0 Å². The molecule has 0 spiro atoms. The quantitative estimate of drug-likeness (QED) is 0.797. The van der Waals surface area contributed by atoms with Crippen LogP contribution >= 0.6 is 0 Å². The van der Waals surface area contributed by atoms with Crippen molar-refractivity contribution in [2.24, 2.45) is 11.3 Å². The number of carbonyl (C=O) groups excluding carboxylic acids is 1. The van der Waals surface area contributed by atoms with E-state index in [1.165, 1.54) is 0 Å². The molecule has 116 valence electrons. The second-order valence-electron chi connectivity index (χ2n) is 6.89. The molecule has 3 N–H and O–H groups in total. The maximum Gasteiger partial charge on any atom is 0.319 e. The van der Waals surface area contributed by atoms with Crippen molar-refractivity contribution in [1.82, 2.24) is 10.3 Å². The largest absolute Gasteiger partial charge is 0.377 e. The zero-order valence-corrected chi connectivity index (χ0v) is 12.8. The normalized spacial score (nSPS) is 28.9. The Hall–Kier alpha value is -2.01. The number of ether oxygens (including phenoxy) is 1. The van der Waals surface area contributed by atoms with Crippen molar-refractivity contribution < 1.29 is 9.53 Å². The second kappa shape index (κ2) is 4.74. The van der Waals surface area contributed by atoms with Gasteiger partial charge in [0.05, 0.1) is 11.8 Å². The Morgan fingerprint density at radius 1 is 1.36 bits per heavy atom. The summed E-state index contributed by atoms with van der Waals surface area (Å²) < 4.78 is 5.77. The van der Waals surface area contributed by atoms with Crippen LogP contribution in [0.3, 0.4) is 0 Å². The lowest BCUT2D eigenvalue weighted by Crippen LogP contribution is -2.67. The van der Waals surface area contributed by atoms with E-state index in [-0.39, 0.29) is 23.6 Å². The van der Waals surface area contributed by atoms with Crippen molar-refractivity contribution in [3.05, 3.63) is 30.5 Å². The van der Waals surface area contributed by atoms with Crippen LogP contribution in [0, 0.1) is 11.3 Å². The highest BCUT2D eigenvalue weighted by atomic mass is 16.5. The molecule has 1 aromatic carbocycles. The van der Waals surface area contributed by atoms with E-state index in [1.54, 1.807) is 0 Å². The van der Waals surface area contributed by atoms with Gasteiger partial charge in [-0.1, -0.05) is 19.9 Å². The van der Waals surface area contributed by atoms with E-state index < -0.39 is 0 Å². The van der Waals surface area contributed by atoms with Crippen molar-refractivity contribution in [1.29, 1.82) is 0 Å². The van der Waals surface area contributed by atoms with Gasteiger partial charge in [0, 0.05) is 41.1 Å². The molecule has 1 aliphatic heterocycles. The third-order valence-electron chi connectivity index (χ3n) is 5.23. The number of H-pyrrole nitrogens is 1. The molecule has 22 heavy (non-hydrogen) atoms. The average Bonchev–Trinajstić information content (AvgIpc) is 3.13. The van der Waals surface area contributed by atoms with Crippen LogP contribution in [0.25, 0.3) is 10.9 Å². The molecule has 3 atom stereocenters. The van der Waals surface area contributed by atoms with Crippen LogP contribution in [0.5, 0.6) is 0 Å². The Labute approximate surface area is 129 Å². The Morgan fingerprint density at radius 2 is 2.23 bits per heavy atom. The minimum atomic E-state index is -0.142. The third-order valence-corrected chi connectivity index (χ3v) is 5.23. The molecule has 5 heteroatoms. The Bertz CT molecular complexity index is 722. The molecule has 2 heterocycles. The minimum Gasteiger partial charge on any atom is -0.377 e. The molecule has 0 bridgehead atoms. The van der Waals surface area contributed by atoms with Crippen LogP contribution in [0.1, 0.15) is 20.3 Å². The number of urea groups is 1. The zero-order valence-electron chi connectivity index (χ0n) is 12.8. The van der Waals surface area contributed by atoms with Gasteiger partial charge >= 0.3 is 6.03 Å². The lowest BCUT2D eigenvalue weighted by atomic mass is 9.57. The van der Waals surface area contributed by atoms with Crippen molar-refractivity contribution in [3.8, 4) is 0 Å². The van der Waals surface area contributed by atoms with Gasteiger partial charge in [-0.2, -0.15) is 0 Å². The molecule has 5 nitrogen and oxygen atoms in total. The summed E-state index contributed by atoms with van der Waals surface area (Å²) in [6.45, 7) is 5.13. The number of fused-ring (bicyclic) bond motifs is 2. The van der Waals surface area contributed by atoms with E-state index in [0.29, 0.717) is 5.92 Å². The molecule has 1 saturated carbocycles. The van der Waals surface area contributed by atoms with Crippen molar-refractivity contribution >= 4 is 22.6 Å². The maximum atomic E-state index is 12.4. The predicted molar refractivity (Wildman–Crippen MR) is 85.9 cm³/mol. The van der Waals surface area contributed by atoms with Crippen LogP contribution in [0.15, 0.2) is 30.5 Å². The molecule has 2 aromatic rings. The monoisotopic (exact) mass is 299 g/mol. The molecule has 0 radical (unpaired) electrons. The molecular formula is C17H21N3O2. The third kappa shape index (κ3) is 1.92. The molecule has 1 saturated heterocycles. The number of anilines is 1. The van der Waals surface area contributed by atoms with Crippen molar-refractivity contribution in [3.63, 3.8) is 0 Å². The molecule has 2 aliphatic rings. The Balaban J connectivity index is 1.48. The Morgan fingerprint density at radius 3 is 3.09 bits per heavy atom. The minimum absolute atomic E-state index is 0.00139. The number of carbonyl (C=O) groups is 1. The van der Waals surface area contributed by atoms with E-state index in [4.69, 9.17) is 4.74 Å². The smallest absolute Gasteiger partial charge is 0.319 e. The highest BCUT2D eigenvalue weighted by molar-refractivity contribution is 6.00. The lowest BCUT2D eigenvalue weighted by Gasteiger charge is -2.54. The van der Waals surface area contributed by atoms with Crippen molar-refractivity contribution in [2.75, 3.05) is 11.9 Å². The topological polar surface area (TPSA) is 66.2 Å². The molecular weight excluding hydrogens is 278 g/mol. The van der Waals surface area contributed by atoms with Gasteiger partial charge in [-0.25, -0.2) is 4.79 Å². The fourth-order valence-corrected chi connectivity index (χ4v) is 4.11. The first-order chi connectivity index (χ1) is 10.6. The molecule has 4 rings (SSSR count). The summed E-state index contributed by atoms with van der Waals surface area (Å²) >= 11 is 0. The highest BCUT2D eigenvalue weighted by Crippen LogP contribution is 2.52. The van der Waals surface area contributed by atoms with Crippen LogP contribution in [0.4, 0.5) is 10.5 Å². The number of aromatic nitrogens is 1. The summed E-state index contributed by atoms with van der Waals surface area (Å²) in [7, 11) is 0. The number of hydrogen-bond acceptors (Lipinski definition) is 2. The molecule has 2 fully saturated rings. The second-order valence-corrected chi connectivity index (χ2v) is 6.89. The van der Waals surface area contributed by atoms with Gasteiger partial charge in [0.15, 0.2) is 0 Å². The highest BCUT2D eigenvalue weighted by Gasteiger charge is 2.59. The molecule has 2 amide bonds. The lowest BCUT2D eigenvalue weighted by molar-refractivity contribution is -0.107. The van der Waals surface area contributed by atoms with Gasteiger partial charge in [-0.15, -0.1) is 0 Å². The van der Waals surface area contributed by atoms with Crippen LogP contribution in [0.2, 0.25) is 0 Å². The van der Waals surface area contributed by atoms with E-state index in [1.807, 2.05) is 30.5 Å². The van der Waals surface area contributed by atoms with Gasteiger partial charge < -0.3 is 20.4 Å². The van der Waals surface area contributed by atoms with E-state index in [2.05, 4.69) is 29.5 Å². The molecule has 1 aliphatic carbocycles. The van der Waals surface area contributed by atoms with Gasteiger partial charge in [0.1, 0.15) is 0 Å². The number of nitrogens with one attached hydrogen (secondary N) is 3. The van der Waals surface area contributed by atoms with E-state index in [0.717, 1.165) is 29.6 Å². The first-order valence-corrected chi connectivity index (χ1v) is 7.82. The molecule has 1 aromatic heterocycles. The standard InChI is InChI=1S/C17H21N3O2/c1-17(2)14(11-7-9-22-15(11)17)20-16(21)19-13-5-3-4-12-10(13)6-8-18-12/h3-6,8,11,14-15,18H,7,9H2,1-2H3,(H2,19,20,21)/t11-,14-,15+/m1/s1.